The zero-order valence-electron chi connectivity index (χ0n) is 12.5. The van der Waals surface area contributed by atoms with E-state index in [1.807, 2.05) is 24.3 Å². The first-order chi connectivity index (χ1) is 11.1. The molecule has 23 heavy (non-hydrogen) atoms. The molecule has 0 bridgehead atoms. The fraction of sp³-hybridized carbons (Fsp3) is 0.294. The van der Waals surface area contributed by atoms with Crippen LogP contribution in [0.15, 0.2) is 40.9 Å². The van der Waals surface area contributed by atoms with E-state index in [-0.39, 0.29) is 6.61 Å². The van der Waals surface area contributed by atoms with Crippen LogP contribution in [0.3, 0.4) is 0 Å². The van der Waals surface area contributed by atoms with Crippen LogP contribution in [-0.4, -0.2) is 18.3 Å². The van der Waals surface area contributed by atoms with Gasteiger partial charge in [-0.25, -0.2) is 0 Å². The predicted molar refractivity (Wildman–Crippen MR) is 98.3 cm³/mol. The van der Waals surface area contributed by atoms with Gasteiger partial charge >= 0.3 is 0 Å². The monoisotopic (exact) mass is 417 g/mol. The maximum atomic E-state index is 8.82. The topological polar surface area (TPSA) is 41.5 Å². The van der Waals surface area contributed by atoms with Crippen LogP contribution in [0, 0.1) is 0 Å². The molecule has 0 aliphatic rings. The molecule has 0 radical (unpaired) electrons. The van der Waals surface area contributed by atoms with Gasteiger partial charge < -0.3 is 15.2 Å². The van der Waals surface area contributed by atoms with Gasteiger partial charge in [-0.3, -0.25) is 0 Å². The number of aliphatic hydroxyl groups excluding tert-OH is 1. The smallest absolute Gasteiger partial charge is 0.124 e. The Hall–Kier alpha value is -0.780. The minimum absolute atomic E-state index is 0.184. The molecular weight excluding hydrogens is 401 g/mol. The Balaban J connectivity index is 2.03. The van der Waals surface area contributed by atoms with Gasteiger partial charge in [0.1, 0.15) is 12.4 Å². The molecule has 0 aliphatic heterocycles. The second-order valence-corrected chi connectivity index (χ2v) is 6.79. The van der Waals surface area contributed by atoms with E-state index in [1.54, 1.807) is 12.1 Å². The Kier molecular flexibility index (Phi) is 7.66. The van der Waals surface area contributed by atoms with Gasteiger partial charge in [0.15, 0.2) is 0 Å². The van der Waals surface area contributed by atoms with Gasteiger partial charge in [0, 0.05) is 38.8 Å². The lowest BCUT2D eigenvalue weighted by atomic mass is 10.2. The molecule has 0 aliphatic carbocycles. The van der Waals surface area contributed by atoms with E-state index >= 15 is 0 Å². The highest BCUT2D eigenvalue weighted by molar-refractivity contribution is 9.10. The van der Waals surface area contributed by atoms with Gasteiger partial charge in [-0.05, 0) is 43.3 Å². The predicted octanol–water partition coefficient (Wildman–Crippen LogP) is 4.81. The average molecular weight is 419 g/mol. The molecule has 0 saturated carbocycles. The van der Waals surface area contributed by atoms with Gasteiger partial charge in [0.25, 0.3) is 0 Å². The fourth-order valence-corrected chi connectivity index (χ4v) is 2.92. The summed E-state index contributed by atoms with van der Waals surface area (Å²) >= 11 is 15.5. The number of hydrogen-bond donors (Lipinski definition) is 2. The number of halogens is 3. The van der Waals surface area contributed by atoms with Crippen LogP contribution in [0.1, 0.15) is 17.5 Å². The molecule has 3 nitrogen and oxygen atoms in total. The highest BCUT2D eigenvalue weighted by Crippen LogP contribution is 2.26. The molecule has 124 valence electrons. The summed E-state index contributed by atoms with van der Waals surface area (Å²) in [5.74, 6) is 0.802. The molecule has 0 spiro atoms. The number of benzene rings is 2. The Morgan fingerprint density at radius 2 is 1.91 bits per heavy atom. The maximum absolute atomic E-state index is 8.82. The second-order valence-electron chi connectivity index (χ2n) is 5.03. The summed E-state index contributed by atoms with van der Waals surface area (Å²) in [6.07, 6.45) is 0.727. The van der Waals surface area contributed by atoms with Gasteiger partial charge in [0.05, 0.1) is 0 Å². The third-order valence-electron chi connectivity index (χ3n) is 3.25. The van der Waals surface area contributed by atoms with Crippen LogP contribution < -0.4 is 10.1 Å². The van der Waals surface area contributed by atoms with Gasteiger partial charge in [-0.15, -0.1) is 0 Å². The first-order valence-electron chi connectivity index (χ1n) is 7.27. The van der Waals surface area contributed by atoms with Gasteiger partial charge in [-0.1, -0.05) is 45.2 Å². The molecule has 0 aromatic heterocycles. The van der Waals surface area contributed by atoms with Crippen molar-refractivity contribution < 1.29 is 9.84 Å². The van der Waals surface area contributed by atoms with Crippen molar-refractivity contribution in [3.8, 4) is 5.75 Å². The fourth-order valence-electron chi connectivity index (χ4n) is 2.05. The Morgan fingerprint density at radius 1 is 1.09 bits per heavy atom. The number of rotatable bonds is 8. The lowest BCUT2D eigenvalue weighted by molar-refractivity contribution is 0.285. The Bertz CT molecular complexity index is 652. The summed E-state index contributed by atoms with van der Waals surface area (Å²) in [4.78, 5) is 0. The molecule has 2 aromatic carbocycles. The van der Waals surface area contributed by atoms with E-state index < -0.39 is 0 Å². The SMILES string of the molecule is OCCCNCc1cc(Br)ccc1OCc1ccc(Cl)cc1Cl. The third kappa shape index (κ3) is 5.98. The minimum Gasteiger partial charge on any atom is -0.489 e. The summed E-state index contributed by atoms with van der Waals surface area (Å²) < 4.78 is 6.91. The molecule has 2 N–H and O–H groups in total. The van der Waals surface area contributed by atoms with Crippen molar-refractivity contribution in [3.63, 3.8) is 0 Å². The molecular formula is C17H18BrCl2NO2. The van der Waals surface area contributed by atoms with Crippen molar-refractivity contribution >= 4 is 39.1 Å². The lowest BCUT2D eigenvalue weighted by Gasteiger charge is -2.13. The van der Waals surface area contributed by atoms with Crippen molar-refractivity contribution in [2.45, 2.75) is 19.6 Å². The summed E-state index contributed by atoms with van der Waals surface area (Å²) in [6, 6.07) is 11.3. The van der Waals surface area contributed by atoms with Crippen molar-refractivity contribution in [3.05, 3.63) is 62.0 Å². The van der Waals surface area contributed by atoms with Crippen LogP contribution in [0.4, 0.5) is 0 Å². The summed E-state index contributed by atoms with van der Waals surface area (Å²) in [5.41, 5.74) is 1.93. The van der Waals surface area contributed by atoms with E-state index in [9.17, 15) is 0 Å². The van der Waals surface area contributed by atoms with Crippen molar-refractivity contribution in [1.82, 2.24) is 5.32 Å². The molecule has 2 rings (SSSR count). The van der Waals surface area contributed by atoms with Gasteiger partial charge in [0.2, 0.25) is 0 Å². The largest absolute Gasteiger partial charge is 0.489 e. The van der Waals surface area contributed by atoms with Crippen molar-refractivity contribution in [2.24, 2.45) is 0 Å². The minimum atomic E-state index is 0.184. The van der Waals surface area contributed by atoms with E-state index in [0.717, 1.165) is 34.3 Å². The van der Waals surface area contributed by atoms with E-state index in [1.165, 1.54) is 0 Å². The van der Waals surface area contributed by atoms with E-state index in [0.29, 0.717) is 23.2 Å². The molecule has 6 heteroatoms. The van der Waals surface area contributed by atoms with E-state index in [2.05, 4.69) is 21.2 Å². The summed E-state index contributed by atoms with van der Waals surface area (Å²) in [5, 5.41) is 13.3. The first-order valence-corrected chi connectivity index (χ1v) is 8.82. The number of hydrogen-bond acceptors (Lipinski definition) is 3. The standard InChI is InChI=1S/C17H18BrCl2NO2/c18-14-3-5-17(13(8-14)10-21-6-1-7-22)23-11-12-2-4-15(19)9-16(12)20/h2-5,8-9,21-22H,1,6-7,10-11H2. The van der Waals surface area contributed by atoms with Crippen molar-refractivity contribution in [2.75, 3.05) is 13.2 Å². The lowest BCUT2D eigenvalue weighted by Crippen LogP contribution is -2.16. The molecule has 0 amide bonds. The number of ether oxygens (including phenoxy) is 1. The number of nitrogens with one attached hydrogen (secondary N) is 1. The Morgan fingerprint density at radius 3 is 2.65 bits per heavy atom. The number of aliphatic hydroxyl groups is 1. The molecule has 0 atom stereocenters. The molecule has 0 saturated heterocycles. The normalized spacial score (nSPS) is 10.8. The maximum Gasteiger partial charge on any atom is 0.124 e. The summed E-state index contributed by atoms with van der Waals surface area (Å²) in [6.45, 7) is 1.99. The van der Waals surface area contributed by atoms with Gasteiger partial charge in [-0.2, -0.15) is 0 Å². The zero-order valence-corrected chi connectivity index (χ0v) is 15.6. The van der Waals surface area contributed by atoms with Crippen LogP contribution in [0.5, 0.6) is 5.75 Å². The molecule has 0 heterocycles. The Labute approximate surface area is 154 Å². The van der Waals surface area contributed by atoms with Crippen molar-refractivity contribution in [1.29, 1.82) is 0 Å². The third-order valence-corrected chi connectivity index (χ3v) is 4.33. The molecule has 0 unspecified atom stereocenters. The quantitative estimate of drug-likeness (QED) is 0.604. The van der Waals surface area contributed by atoms with Crippen LogP contribution >= 0.6 is 39.1 Å². The van der Waals surface area contributed by atoms with Crippen LogP contribution in [0.2, 0.25) is 10.0 Å². The van der Waals surface area contributed by atoms with Crippen LogP contribution in [0.25, 0.3) is 0 Å². The molecule has 2 aromatic rings. The van der Waals surface area contributed by atoms with Crippen LogP contribution in [-0.2, 0) is 13.2 Å². The highest BCUT2D eigenvalue weighted by atomic mass is 79.9. The summed E-state index contributed by atoms with van der Waals surface area (Å²) in [7, 11) is 0. The highest BCUT2D eigenvalue weighted by Gasteiger charge is 2.07. The second kappa shape index (κ2) is 9.50. The van der Waals surface area contributed by atoms with E-state index in [4.69, 9.17) is 33.0 Å². The molecule has 0 fully saturated rings. The first kappa shape index (κ1) is 18.6. The zero-order chi connectivity index (χ0) is 16.7. The average Bonchev–Trinajstić information content (AvgIpc) is 2.52.